The van der Waals surface area contributed by atoms with E-state index in [0.717, 1.165) is 31.2 Å². The van der Waals surface area contributed by atoms with Gasteiger partial charge in [-0.05, 0) is 63.9 Å². The number of hydrogen-bond donors (Lipinski definition) is 3. The van der Waals surface area contributed by atoms with Crippen LogP contribution in [-0.2, 0) is 29.1 Å². The topological polar surface area (TPSA) is 192 Å². The van der Waals surface area contributed by atoms with E-state index in [1.54, 1.807) is 19.2 Å². The Morgan fingerprint density at radius 1 is 1.00 bits per heavy atom. The number of carbonyl (C=O) groups is 4. The lowest BCUT2D eigenvalue weighted by Crippen LogP contribution is -2.58. The lowest BCUT2D eigenvalue weighted by atomic mass is 10.0. The molecule has 5 bridgehead atoms. The molecule has 0 unspecified atom stereocenters. The number of nitrogens with zero attached hydrogens (tertiary/aromatic N) is 2. The van der Waals surface area contributed by atoms with E-state index in [4.69, 9.17) is 18.9 Å². The normalized spacial score (nSPS) is 27.9. The fourth-order valence-electron chi connectivity index (χ4n) is 7.68. The first-order chi connectivity index (χ1) is 26.5. The zero-order chi connectivity index (χ0) is 38.7. The van der Waals surface area contributed by atoms with Gasteiger partial charge in [0.2, 0.25) is 27.7 Å². The second-order valence-electron chi connectivity index (χ2n) is 15.0. The molecular formula is C39H49N5O10S. The van der Waals surface area contributed by atoms with Crippen molar-refractivity contribution in [2.75, 3.05) is 27.4 Å². The first-order valence-corrected chi connectivity index (χ1v) is 20.7. The van der Waals surface area contributed by atoms with Crippen LogP contribution < -0.4 is 29.6 Å². The van der Waals surface area contributed by atoms with Crippen LogP contribution in [0.1, 0.15) is 82.6 Å². The van der Waals surface area contributed by atoms with Gasteiger partial charge in [-0.25, -0.2) is 18.2 Å². The summed E-state index contributed by atoms with van der Waals surface area (Å²) in [7, 11) is -0.824. The number of sulfonamides is 1. The van der Waals surface area contributed by atoms with Crippen LogP contribution in [0.3, 0.4) is 0 Å². The van der Waals surface area contributed by atoms with Crippen LogP contribution >= 0.6 is 0 Å². The zero-order valence-corrected chi connectivity index (χ0v) is 32.0. The summed E-state index contributed by atoms with van der Waals surface area (Å²) in [4.78, 5) is 61.8. The van der Waals surface area contributed by atoms with Gasteiger partial charge >= 0.3 is 6.09 Å². The number of rotatable bonds is 5. The number of nitrogens with one attached hydrogen (secondary N) is 3. The highest BCUT2D eigenvalue weighted by Crippen LogP contribution is 2.46. The molecule has 1 saturated heterocycles. The summed E-state index contributed by atoms with van der Waals surface area (Å²) in [6, 6.07) is 3.26. The van der Waals surface area contributed by atoms with Gasteiger partial charge in [0, 0.05) is 35.4 Å². The number of ether oxygens (including phenoxy) is 4. The molecule has 3 fully saturated rings. The fourth-order valence-corrected chi connectivity index (χ4v) is 9.04. The Bertz CT molecular complexity index is 2000. The maximum atomic E-state index is 14.5. The number of hydrogen-bond acceptors (Lipinski definition) is 11. The summed E-state index contributed by atoms with van der Waals surface area (Å²) in [5.41, 5.74) is -0.164. The van der Waals surface area contributed by atoms with Gasteiger partial charge in [-0.15, -0.1) is 0 Å². The van der Waals surface area contributed by atoms with Crippen LogP contribution in [0.25, 0.3) is 17.0 Å². The van der Waals surface area contributed by atoms with Crippen LogP contribution in [0, 0.1) is 5.92 Å². The standard InChI is InChI=1S/C39H49N5O10S/c1-51-32-20-30-28-18-24(32)12-8-6-7-11-17-53-38(48)41-29-14-10-5-3-4-9-13-25-22-39(25,37(47)43-55(49,50)27-15-16-27)42-35(45)31-19-26(23-44(31)36(29)46)54-33(28)21-34(40-30)52-2/h8-9,12-13,18,20-21,25-27,29,31H,3-7,10-11,14-17,19,22-23H2,1-2H3,(H,41,48)(H,42,45)(H,43,47)/t25-,26-,29+,31+,39-/m1/s1. The van der Waals surface area contributed by atoms with Crippen molar-refractivity contribution in [1.82, 2.24) is 25.2 Å². The molecule has 5 aliphatic rings. The molecular weight excluding hydrogens is 731 g/mol. The van der Waals surface area contributed by atoms with Gasteiger partial charge in [0.05, 0.1) is 38.1 Å². The Labute approximate surface area is 320 Å². The van der Waals surface area contributed by atoms with Gasteiger partial charge in [-0.3, -0.25) is 19.1 Å². The van der Waals surface area contributed by atoms with Gasteiger partial charge in [-0.1, -0.05) is 37.1 Å². The molecule has 1 aromatic carbocycles. The number of amides is 4. The SMILES string of the molecule is COc1cc2c3cc(c(OC)cc3n1)C=CCCCCOC(=O)N[C@H]1CCCCCC=C[C@@H]3C[C@@]3(C(=O)NS(=O)(=O)C3CC3)NC(=O)[C@@H]3C[C@H](CN3C1=O)O2. The summed E-state index contributed by atoms with van der Waals surface area (Å²) in [6.45, 7) is 0.146. The van der Waals surface area contributed by atoms with Gasteiger partial charge in [0.25, 0.3) is 5.91 Å². The Kier molecular flexibility index (Phi) is 11.2. The predicted molar refractivity (Wildman–Crippen MR) is 202 cm³/mol. The molecule has 0 spiro atoms. The molecule has 16 heteroatoms. The number of fused-ring (bicyclic) bond motifs is 4. The number of cyclic esters (lactones) is 1. The monoisotopic (exact) mass is 779 g/mol. The lowest BCUT2D eigenvalue weighted by molar-refractivity contribution is -0.141. The van der Waals surface area contributed by atoms with Crippen LogP contribution in [-0.4, -0.2) is 98.5 Å². The maximum absolute atomic E-state index is 14.5. The average molecular weight is 780 g/mol. The summed E-state index contributed by atoms with van der Waals surface area (Å²) in [6.07, 6.45) is 12.9. The Balaban J connectivity index is 1.26. The van der Waals surface area contributed by atoms with E-state index in [1.807, 2.05) is 30.4 Å². The quantitative estimate of drug-likeness (QED) is 0.373. The Morgan fingerprint density at radius 3 is 2.58 bits per heavy atom. The highest BCUT2D eigenvalue weighted by molar-refractivity contribution is 7.91. The van der Waals surface area contributed by atoms with Crippen molar-refractivity contribution in [3.05, 3.63) is 42.0 Å². The van der Waals surface area contributed by atoms with Crippen LogP contribution in [0.4, 0.5) is 4.79 Å². The number of allylic oxidation sites excluding steroid dienone is 2. The third kappa shape index (κ3) is 8.53. The van der Waals surface area contributed by atoms with Crippen LogP contribution in [0.5, 0.6) is 17.4 Å². The van der Waals surface area contributed by atoms with Gasteiger partial charge in [0.1, 0.15) is 35.2 Å². The molecule has 4 amide bonds. The molecule has 296 valence electrons. The molecule has 1 aromatic heterocycles. The minimum atomic E-state index is -3.90. The molecule has 3 N–H and O–H groups in total. The molecule has 5 atom stereocenters. The molecule has 55 heavy (non-hydrogen) atoms. The van der Waals surface area contributed by atoms with E-state index in [2.05, 4.69) is 20.3 Å². The largest absolute Gasteiger partial charge is 0.496 e. The minimum absolute atomic E-state index is 0.0161. The first kappa shape index (κ1) is 38.4. The average Bonchev–Trinajstić information content (AvgIpc) is 4.09. The summed E-state index contributed by atoms with van der Waals surface area (Å²) in [5.74, 6) is -1.02. The van der Waals surface area contributed by atoms with E-state index in [-0.39, 0.29) is 31.9 Å². The number of alkyl carbamates (subject to hydrolysis) is 1. The van der Waals surface area contributed by atoms with E-state index in [9.17, 15) is 27.6 Å². The summed E-state index contributed by atoms with van der Waals surface area (Å²) >= 11 is 0. The van der Waals surface area contributed by atoms with E-state index in [1.165, 1.54) is 12.0 Å². The van der Waals surface area contributed by atoms with Crippen LogP contribution in [0.2, 0.25) is 0 Å². The van der Waals surface area contributed by atoms with Gasteiger partial charge in [-0.2, -0.15) is 0 Å². The van der Waals surface area contributed by atoms with Crippen molar-refractivity contribution >= 4 is 50.8 Å². The molecule has 4 heterocycles. The molecule has 2 aliphatic carbocycles. The summed E-state index contributed by atoms with van der Waals surface area (Å²) in [5, 5.41) is 5.69. The van der Waals surface area contributed by atoms with Gasteiger partial charge < -0.3 is 34.5 Å². The van der Waals surface area contributed by atoms with Crippen molar-refractivity contribution in [3.63, 3.8) is 0 Å². The van der Waals surface area contributed by atoms with E-state index < -0.39 is 68.7 Å². The van der Waals surface area contributed by atoms with Crippen molar-refractivity contribution in [1.29, 1.82) is 0 Å². The second kappa shape index (κ2) is 16.1. The van der Waals surface area contributed by atoms with Gasteiger partial charge in [0.15, 0.2) is 0 Å². The smallest absolute Gasteiger partial charge is 0.407 e. The minimum Gasteiger partial charge on any atom is -0.496 e. The highest BCUT2D eigenvalue weighted by Gasteiger charge is 2.62. The van der Waals surface area contributed by atoms with Crippen LogP contribution in [0.15, 0.2) is 36.4 Å². The van der Waals surface area contributed by atoms with E-state index >= 15 is 0 Å². The molecule has 3 aliphatic heterocycles. The number of carbonyl (C=O) groups excluding carboxylic acids is 4. The number of methoxy groups -OCH3 is 2. The molecule has 0 radical (unpaired) electrons. The molecule has 2 saturated carbocycles. The van der Waals surface area contributed by atoms with Crippen molar-refractivity contribution in [2.45, 2.75) is 106 Å². The number of benzene rings is 1. The fraction of sp³-hybridized carbons (Fsp3) is 0.564. The second-order valence-corrected chi connectivity index (χ2v) is 17.0. The van der Waals surface area contributed by atoms with Crippen molar-refractivity contribution in [3.8, 4) is 17.4 Å². The predicted octanol–water partition coefficient (Wildman–Crippen LogP) is 3.90. The number of pyridine rings is 1. The zero-order valence-electron chi connectivity index (χ0n) is 31.2. The van der Waals surface area contributed by atoms with E-state index in [0.29, 0.717) is 60.9 Å². The molecule has 7 rings (SSSR count). The van der Waals surface area contributed by atoms with Crippen molar-refractivity contribution in [2.24, 2.45) is 5.92 Å². The van der Waals surface area contributed by atoms with Crippen molar-refractivity contribution < 1.29 is 46.5 Å². The third-order valence-corrected chi connectivity index (χ3v) is 12.9. The Hall–Kier alpha value is -4.86. The third-order valence-electron chi connectivity index (χ3n) is 11.0. The summed E-state index contributed by atoms with van der Waals surface area (Å²) < 4.78 is 51.3. The maximum Gasteiger partial charge on any atom is 0.407 e. The first-order valence-electron chi connectivity index (χ1n) is 19.2. The molecule has 15 nitrogen and oxygen atoms in total. The lowest BCUT2D eigenvalue weighted by Gasteiger charge is -2.29. The Morgan fingerprint density at radius 2 is 1.80 bits per heavy atom. The molecule has 2 aromatic rings. The number of aromatic nitrogens is 1. The highest BCUT2D eigenvalue weighted by atomic mass is 32.2.